The molecule has 0 aromatic rings. The second-order valence-electron chi connectivity index (χ2n) is 4.16. The first-order chi connectivity index (χ1) is 7.40. The van der Waals surface area contributed by atoms with E-state index in [-0.39, 0.29) is 18.5 Å². The summed E-state index contributed by atoms with van der Waals surface area (Å²) in [6.07, 6.45) is -0.147. The second-order valence-corrected chi connectivity index (χ2v) is 4.16. The number of hydrogen-bond donors (Lipinski definition) is 1. The van der Waals surface area contributed by atoms with Crippen molar-refractivity contribution in [1.29, 1.82) is 0 Å². The molecule has 1 aliphatic rings. The number of amides is 1. The van der Waals surface area contributed by atoms with E-state index in [0.717, 1.165) is 25.7 Å². The van der Waals surface area contributed by atoms with Crippen molar-refractivity contribution in [3.8, 4) is 0 Å². The molecule has 1 N–H and O–H groups in total. The summed E-state index contributed by atoms with van der Waals surface area (Å²) in [5.41, 5.74) is 0. The van der Waals surface area contributed by atoms with Gasteiger partial charge in [0.2, 0.25) is 5.91 Å². The van der Waals surface area contributed by atoms with Crippen LogP contribution in [0.15, 0.2) is 0 Å². The molecule has 0 heterocycles. The number of carbonyl (C=O) groups excluding carboxylic acids is 1. The van der Waals surface area contributed by atoms with Crippen LogP contribution in [0.1, 0.15) is 25.7 Å². The molecule has 3 nitrogen and oxygen atoms in total. The summed E-state index contributed by atoms with van der Waals surface area (Å²) in [6.45, 7) is -1.36. The highest BCUT2D eigenvalue weighted by Crippen LogP contribution is 2.22. The first-order valence-electron chi connectivity index (χ1n) is 5.43. The molecule has 6 heteroatoms. The largest absolute Gasteiger partial charge is 0.401 e. The molecule has 0 saturated heterocycles. The van der Waals surface area contributed by atoms with Crippen molar-refractivity contribution in [1.82, 2.24) is 10.2 Å². The Hall–Kier alpha value is -0.780. The van der Waals surface area contributed by atoms with E-state index in [9.17, 15) is 18.0 Å². The Morgan fingerprint density at radius 3 is 2.44 bits per heavy atom. The predicted octanol–water partition coefficient (Wildman–Crippen LogP) is 1.54. The van der Waals surface area contributed by atoms with E-state index in [1.165, 1.54) is 0 Å². The highest BCUT2D eigenvalue weighted by atomic mass is 19.4. The minimum atomic E-state index is -4.26. The fourth-order valence-corrected chi connectivity index (χ4v) is 1.93. The monoisotopic (exact) mass is 238 g/mol. The maximum atomic E-state index is 11.8. The van der Waals surface area contributed by atoms with Crippen molar-refractivity contribution in [2.24, 2.45) is 0 Å². The summed E-state index contributed by atoms with van der Waals surface area (Å²) < 4.78 is 35.5. The van der Waals surface area contributed by atoms with E-state index < -0.39 is 12.7 Å². The highest BCUT2D eigenvalue weighted by molar-refractivity contribution is 5.78. The molecule has 0 bridgehead atoms. The molecule has 1 saturated carbocycles. The molecule has 1 amide bonds. The first kappa shape index (κ1) is 13.3. The van der Waals surface area contributed by atoms with Crippen molar-refractivity contribution in [3.05, 3.63) is 0 Å². The van der Waals surface area contributed by atoms with E-state index in [2.05, 4.69) is 5.32 Å². The molecule has 0 unspecified atom stereocenters. The van der Waals surface area contributed by atoms with Gasteiger partial charge in [0.05, 0.1) is 13.1 Å². The summed E-state index contributed by atoms with van der Waals surface area (Å²) in [5.74, 6) is -0.267. The van der Waals surface area contributed by atoms with Crippen LogP contribution in [0, 0.1) is 0 Å². The summed E-state index contributed by atoms with van der Waals surface area (Å²) in [4.78, 5) is 13.1. The summed E-state index contributed by atoms with van der Waals surface area (Å²) in [5, 5.41) is 2.11. The van der Waals surface area contributed by atoms with Gasteiger partial charge in [0.15, 0.2) is 0 Å². The lowest BCUT2D eigenvalue weighted by atomic mass is 10.2. The molecule has 0 aromatic heterocycles. The molecule has 0 aromatic carbocycles. The van der Waals surface area contributed by atoms with Crippen LogP contribution in [-0.4, -0.2) is 43.2 Å². The van der Waals surface area contributed by atoms with Gasteiger partial charge < -0.3 is 10.2 Å². The van der Waals surface area contributed by atoms with Crippen LogP contribution in [0.3, 0.4) is 0 Å². The van der Waals surface area contributed by atoms with Gasteiger partial charge in [-0.25, -0.2) is 0 Å². The Labute approximate surface area is 93.0 Å². The molecule has 94 valence electrons. The molecule has 1 rings (SSSR count). The van der Waals surface area contributed by atoms with Gasteiger partial charge in [-0.1, -0.05) is 12.8 Å². The van der Waals surface area contributed by atoms with E-state index in [4.69, 9.17) is 0 Å². The Morgan fingerprint density at radius 1 is 1.38 bits per heavy atom. The standard InChI is InChI=1S/C10H17F3N2O/c1-15(8-4-2-3-5-8)9(16)6-14-7-10(11,12)13/h8,14H,2-7H2,1H3. The molecule has 1 aliphatic carbocycles. The molecule has 0 spiro atoms. The van der Waals surface area contributed by atoms with Gasteiger partial charge in [-0.15, -0.1) is 0 Å². The predicted molar refractivity (Wildman–Crippen MR) is 54.0 cm³/mol. The van der Waals surface area contributed by atoms with Crippen LogP contribution < -0.4 is 5.32 Å². The van der Waals surface area contributed by atoms with E-state index in [0.29, 0.717) is 0 Å². The molecule has 0 aliphatic heterocycles. The van der Waals surface area contributed by atoms with Crippen molar-refractivity contribution in [2.75, 3.05) is 20.1 Å². The number of nitrogens with zero attached hydrogens (tertiary/aromatic N) is 1. The zero-order chi connectivity index (χ0) is 12.2. The highest BCUT2D eigenvalue weighted by Gasteiger charge is 2.28. The SMILES string of the molecule is CN(C(=O)CNCC(F)(F)F)C1CCCC1. The molecular weight excluding hydrogens is 221 g/mol. The average Bonchev–Trinajstić information content (AvgIpc) is 2.67. The van der Waals surface area contributed by atoms with E-state index in [1.54, 1.807) is 11.9 Å². The first-order valence-corrected chi connectivity index (χ1v) is 5.43. The number of likely N-dealkylation sites (N-methyl/N-ethyl adjacent to an activating group) is 1. The van der Waals surface area contributed by atoms with Gasteiger partial charge in [-0.3, -0.25) is 4.79 Å². The lowest BCUT2D eigenvalue weighted by molar-refractivity contribution is -0.134. The Morgan fingerprint density at radius 2 is 1.94 bits per heavy atom. The maximum Gasteiger partial charge on any atom is 0.401 e. The topological polar surface area (TPSA) is 32.3 Å². The quantitative estimate of drug-likeness (QED) is 0.805. The smallest absolute Gasteiger partial charge is 0.342 e. The summed E-state index contributed by atoms with van der Waals surface area (Å²) in [7, 11) is 1.66. The zero-order valence-electron chi connectivity index (χ0n) is 9.31. The normalized spacial score (nSPS) is 17.8. The second kappa shape index (κ2) is 5.52. The van der Waals surface area contributed by atoms with Crippen LogP contribution >= 0.6 is 0 Å². The fourth-order valence-electron chi connectivity index (χ4n) is 1.93. The van der Waals surface area contributed by atoms with Gasteiger partial charge >= 0.3 is 6.18 Å². The number of carbonyl (C=O) groups is 1. The van der Waals surface area contributed by atoms with Gasteiger partial charge in [0.25, 0.3) is 0 Å². The molecule has 0 radical (unpaired) electrons. The third-order valence-electron chi connectivity index (χ3n) is 2.87. The lowest BCUT2D eigenvalue weighted by Gasteiger charge is -2.24. The molecular formula is C10H17F3N2O. The van der Waals surface area contributed by atoms with Gasteiger partial charge in [-0.2, -0.15) is 13.2 Å². The minimum absolute atomic E-state index is 0.209. The lowest BCUT2D eigenvalue weighted by Crippen LogP contribution is -2.42. The van der Waals surface area contributed by atoms with Crippen LogP contribution in [0.4, 0.5) is 13.2 Å². The minimum Gasteiger partial charge on any atom is -0.342 e. The Balaban J connectivity index is 2.23. The molecule has 1 fully saturated rings. The molecule has 0 atom stereocenters. The van der Waals surface area contributed by atoms with Crippen LogP contribution in [-0.2, 0) is 4.79 Å². The summed E-state index contributed by atoms with van der Waals surface area (Å²) >= 11 is 0. The van der Waals surface area contributed by atoms with Crippen molar-refractivity contribution < 1.29 is 18.0 Å². The van der Waals surface area contributed by atoms with Crippen molar-refractivity contribution in [3.63, 3.8) is 0 Å². The average molecular weight is 238 g/mol. The number of nitrogens with one attached hydrogen (secondary N) is 1. The number of rotatable bonds is 4. The third-order valence-corrected chi connectivity index (χ3v) is 2.87. The fraction of sp³-hybridized carbons (Fsp3) is 0.900. The van der Waals surface area contributed by atoms with Gasteiger partial charge in [0, 0.05) is 13.1 Å². The van der Waals surface area contributed by atoms with Gasteiger partial charge in [-0.05, 0) is 12.8 Å². The Kier molecular flexibility index (Phi) is 4.58. The summed E-state index contributed by atoms with van der Waals surface area (Å²) in [6, 6.07) is 0.209. The van der Waals surface area contributed by atoms with Crippen LogP contribution in [0.2, 0.25) is 0 Å². The molecule has 16 heavy (non-hydrogen) atoms. The number of alkyl halides is 3. The van der Waals surface area contributed by atoms with E-state index >= 15 is 0 Å². The zero-order valence-corrected chi connectivity index (χ0v) is 9.31. The third kappa shape index (κ3) is 4.38. The van der Waals surface area contributed by atoms with Crippen molar-refractivity contribution >= 4 is 5.91 Å². The van der Waals surface area contributed by atoms with Gasteiger partial charge in [0.1, 0.15) is 0 Å². The number of halogens is 3. The van der Waals surface area contributed by atoms with Crippen LogP contribution in [0.5, 0.6) is 0 Å². The van der Waals surface area contributed by atoms with Crippen LogP contribution in [0.25, 0.3) is 0 Å². The van der Waals surface area contributed by atoms with Crippen molar-refractivity contribution in [2.45, 2.75) is 37.9 Å². The van der Waals surface area contributed by atoms with E-state index in [1.807, 2.05) is 0 Å². The maximum absolute atomic E-state index is 11.8. The number of hydrogen-bond acceptors (Lipinski definition) is 2. The Bertz CT molecular complexity index is 237.